The van der Waals surface area contributed by atoms with Crippen LogP contribution in [-0.4, -0.2) is 40.6 Å². The molecule has 6 heteroatoms. The normalized spacial score (nSPS) is 9.15. The molecule has 0 saturated carbocycles. The number of rotatable bonds is 1. The summed E-state index contributed by atoms with van der Waals surface area (Å²) in [5.74, 6) is -1.17. The van der Waals surface area contributed by atoms with Gasteiger partial charge in [0.2, 0.25) is 0 Å². The van der Waals surface area contributed by atoms with Crippen LogP contribution in [0.25, 0.3) is 0 Å². The molecule has 0 aliphatic carbocycles. The van der Waals surface area contributed by atoms with Gasteiger partial charge < -0.3 is 5.11 Å². The van der Waals surface area contributed by atoms with E-state index in [0.29, 0.717) is 5.02 Å². The molecule has 1 N–H and O–H groups in total. The second-order valence-electron chi connectivity index (χ2n) is 2.05. The molecule has 1 aromatic rings. The summed E-state index contributed by atoms with van der Waals surface area (Å²) in [6.45, 7) is 0. The fraction of sp³-hybridized carbons (Fsp3) is 0. The van der Waals surface area contributed by atoms with E-state index in [1.165, 1.54) is 12.1 Å². The summed E-state index contributed by atoms with van der Waals surface area (Å²) in [5, 5.41) is 9.02. The van der Waals surface area contributed by atoms with Gasteiger partial charge in [-0.05, 0) is 12.1 Å². The van der Waals surface area contributed by atoms with E-state index in [1.807, 2.05) is 0 Å². The molecule has 1 radical (unpaired) electrons. The molecule has 0 atom stereocenters. The molecule has 0 aromatic heterocycles. The summed E-state index contributed by atoms with van der Waals surface area (Å²) < 4.78 is 0. The Kier molecular flexibility index (Phi) is 5.68. The Bertz CT molecular complexity index is 318. The van der Waals surface area contributed by atoms with Crippen molar-refractivity contribution in [2.24, 2.45) is 0 Å². The van der Waals surface area contributed by atoms with Gasteiger partial charge in [0.15, 0.2) is 0 Å². The molecule has 0 spiro atoms. The van der Waals surface area contributed by atoms with E-state index in [-0.39, 0.29) is 45.2 Å². The molecule has 65 valence electrons. The largest absolute Gasteiger partial charge is 0.478 e. The van der Waals surface area contributed by atoms with Crippen molar-refractivity contribution in [1.29, 1.82) is 0 Å². The van der Waals surface area contributed by atoms with Crippen molar-refractivity contribution in [1.82, 2.24) is 0 Å². The summed E-state index contributed by atoms with van der Waals surface area (Å²) in [6.07, 6.45) is 0. The van der Waals surface area contributed by atoms with Crippen molar-refractivity contribution in [3.05, 3.63) is 32.8 Å². The Morgan fingerprint density at radius 3 is 1.85 bits per heavy atom. The molecule has 0 amide bonds. The third-order valence-corrected chi connectivity index (χ3v) is 2.04. The van der Waals surface area contributed by atoms with Crippen LogP contribution in [0.3, 0.4) is 0 Å². The Morgan fingerprint density at radius 1 is 1.15 bits per heavy atom. The first-order valence-corrected chi connectivity index (χ1v) is 4.03. The van der Waals surface area contributed by atoms with Crippen LogP contribution in [0.5, 0.6) is 0 Å². The summed E-state index contributed by atoms with van der Waals surface area (Å²) in [7, 11) is 0. The Hall–Kier alpha value is 0.560. The zero-order valence-electron chi connectivity index (χ0n) is 6.64. The predicted molar refractivity (Wildman–Crippen MR) is 54.2 cm³/mol. The van der Waals surface area contributed by atoms with Crippen LogP contribution in [0.15, 0.2) is 12.1 Å². The van der Waals surface area contributed by atoms with Gasteiger partial charge >= 0.3 is 5.97 Å². The first kappa shape index (κ1) is 13.6. The maximum atomic E-state index is 10.5. The van der Waals surface area contributed by atoms with Crippen molar-refractivity contribution >= 4 is 70.3 Å². The van der Waals surface area contributed by atoms with Crippen LogP contribution in [0.1, 0.15) is 10.4 Å². The SMILES string of the molecule is O=C(O)c1c(Cl)cc(Cl)cc1Cl.[Na]. The summed E-state index contributed by atoms with van der Waals surface area (Å²) in [6, 6.07) is 2.66. The van der Waals surface area contributed by atoms with Gasteiger partial charge in [-0.25, -0.2) is 4.79 Å². The molecule has 13 heavy (non-hydrogen) atoms. The van der Waals surface area contributed by atoms with Gasteiger partial charge in [-0.3, -0.25) is 0 Å². The molecule has 0 saturated heterocycles. The molecule has 0 fully saturated rings. The van der Waals surface area contributed by atoms with Gasteiger partial charge in [-0.2, -0.15) is 0 Å². The quantitative estimate of drug-likeness (QED) is 0.776. The van der Waals surface area contributed by atoms with Gasteiger partial charge in [0, 0.05) is 34.6 Å². The average Bonchev–Trinajstić information content (AvgIpc) is 1.82. The van der Waals surface area contributed by atoms with E-state index >= 15 is 0 Å². The Labute approximate surface area is 112 Å². The summed E-state index contributed by atoms with van der Waals surface area (Å²) >= 11 is 16.7. The van der Waals surface area contributed by atoms with Crippen molar-refractivity contribution in [2.75, 3.05) is 0 Å². The predicted octanol–water partition coefficient (Wildman–Crippen LogP) is 2.96. The summed E-state index contributed by atoms with van der Waals surface area (Å²) in [5.41, 5.74) is -0.122. The smallest absolute Gasteiger partial charge is 0.338 e. The van der Waals surface area contributed by atoms with Gasteiger partial charge in [-0.15, -0.1) is 0 Å². The van der Waals surface area contributed by atoms with Crippen LogP contribution in [-0.2, 0) is 0 Å². The fourth-order valence-electron chi connectivity index (χ4n) is 0.747. The molecule has 1 aromatic carbocycles. The van der Waals surface area contributed by atoms with Crippen molar-refractivity contribution in [3.63, 3.8) is 0 Å². The number of carbonyl (C=O) groups is 1. The number of carboxylic acid groups (broad SMARTS) is 1. The number of hydrogen-bond acceptors (Lipinski definition) is 1. The van der Waals surface area contributed by atoms with E-state index in [2.05, 4.69) is 0 Å². The first-order chi connectivity index (χ1) is 5.52. The second kappa shape index (κ2) is 5.44. The molecule has 0 unspecified atom stereocenters. The number of carboxylic acids is 1. The number of hydrogen-bond donors (Lipinski definition) is 1. The van der Waals surface area contributed by atoms with Gasteiger partial charge in [0.05, 0.1) is 15.6 Å². The van der Waals surface area contributed by atoms with Crippen LogP contribution in [0.2, 0.25) is 15.1 Å². The van der Waals surface area contributed by atoms with Crippen LogP contribution >= 0.6 is 34.8 Å². The van der Waals surface area contributed by atoms with E-state index < -0.39 is 5.97 Å². The third kappa shape index (κ3) is 3.31. The van der Waals surface area contributed by atoms with Crippen LogP contribution in [0.4, 0.5) is 0 Å². The van der Waals surface area contributed by atoms with Gasteiger partial charge in [0.1, 0.15) is 0 Å². The Balaban J connectivity index is 0.00000144. The molecule has 0 heterocycles. The van der Waals surface area contributed by atoms with Crippen LogP contribution in [0, 0.1) is 0 Å². The van der Waals surface area contributed by atoms with Crippen LogP contribution < -0.4 is 0 Å². The monoisotopic (exact) mass is 247 g/mol. The van der Waals surface area contributed by atoms with Crippen molar-refractivity contribution in [3.8, 4) is 0 Å². The molecule has 0 aliphatic rings. The van der Waals surface area contributed by atoms with Gasteiger partial charge in [-0.1, -0.05) is 34.8 Å². The first-order valence-electron chi connectivity index (χ1n) is 2.90. The minimum atomic E-state index is -1.17. The maximum Gasteiger partial charge on any atom is 0.338 e. The van der Waals surface area contributed by atoms with E-state index in [0.717, 1.165) is 0 Å². The van der Waals surface area contributed by atoms with E-state index in [9.17, 15) is 4.79 Å². The van der Waals surface area contributed by atoms with E-state index in [1.54, 1.807) is 0 Å². The van der Waals surface area contributed by atoms with Gasteiger partial charge in [0.25, 0.3) is 0 Å². The fourth-order valence-corrected chi connectivity index (χ4v) is 1.73. The minimum absolute atomic E-state index is 0. The topological polar surface area (TPSA) is 37.3 Å². The standard InChI is InChI=1S/C7H3Cl3O2.Na/c8-3-1-4(9)6(7(11)12)5(10)2-3;/h1-2H,(H,11,12);. The second-order valence-corrected chi connectivity index (χ2v) is 3.30. The maximum absolute atomic E-state index is 10.5. The molecule has 2 nitrogen and oxygen atoms in total. The molecule has 0 bridgehead atoms. The minimum Gasteiger partial charge on any atom is -0.478 e. The molecule has 0 aliphatic heterocycles. The number of aromatic carboxylic acids is 1. The molecular formula is C7H3Cl3NaO2. The zero-order valence-corrected chi connectivity index (χ0v) is 10.9. The zero-order chi connectivity index (χ0) is 9.30. The van der Waals surface area contributed by atoms with Crippen molar-refractivity contribution in [2.45, 2.75) is 0 Å². The molecular weight excluding hydrogens is 245 g/mol. The van der Waals surface area contributed by atoms with E-state index in [4.69, 9.17) is 39.9 Å². The third-order valence-electron chi connectivity index (χ3n) is 1.22. The average molecular weight is 248 g/mol. The Morgan fingerprint density at radius 2 is 1.54 bits per heavy atom. The summed E-state index contributed by atoms with van der Waals surface area (Å²) in [4.78, 5) is 10.5. The molecule has 1 rings (SSSR count). The number of halogens is 3. The van der Waals surface area contributed by atoms with Crippen molar-refractivity contribution < 1.29 is 9.90 Å². The number of benzene rings is 1.